The standard InChI is InChI=1S/C14H21N3O4/c1-5-10(6-11(18)19)7-15-13(20)12-8(2)9(3)16-17(4)14(12)21/h10H,5-7H2,1-4H3,(H,15,20)(H,18,19). The number of hydrogen-bond acceptors (Lipinski definition) is 4. The van der Waals surface area contributed by atoms with Gasteiger partial charge in [-0.25, -0.2) is 4.68 Å². The van der Waals surface area contributed by atoms with Gasteiger partial charge < -0.3 is 10.4 Å². The van der Waals surface area contributed by atoms with Crippen molar-refractivity contribution in [3.05, 3.63) is 27.2 Å². The lowest BCUT2D eigenvalue weighted by atomic mass is 10.0. The van der Waals surface area contributed by atoms with Crippen LogP contribution in [0.15, 0.2) is 4.79 Å². The van der Waals surface area contributed by atoms with Gasteiger partial charge >= 0.3 is 5.97 Å². The predicted molar refractivity (Wildman–Crippen MR) is 77.3 cm³/mol. The van der Waals surface area contributed by atoms with Gasteiger partial charge in [-0.2, -0.15) is 5.10 Å². The first-order chi connectivity index (χ1) is 9.77. The van der Waals surface area contributed by atoms with Gasteiger partial charge in [0.25, 0.3) is 11.5 Å². The monoisotopic (exact) mass is 295 g/mol. The Morgan fingerprint density at radius 2 is 2.00 bits per heavy atom. The first-order valence-corrected chi connectivity index (χ1v) is 6.82. The number of aromatic nitrogens is 2. The zero-order valence-electron chi connectivity index (χ0n) is 12.8. The number of carboxylic acids is 1. The Morgan fingerprint density at radius 3 is 2.52 bits per heavy atom. The molecule has 7 nitrogen and oxygen atoms in total. The minimum absolute atomic E-state index is 0.0108. The summed E-state index contributed by atoms with van der Waals surface area (Å²) in [5.41, 5.74) is 0.763. The summed E-state index contributed by atoms with van der Waals surface area (Å²) < 4.78 is 1.13. The fourth-order valence-electron chi connectivity index (χ4n) is 2.05. The average molecular weight is 295 g/mol. The second-order valence-corrected chi connectivity index (χ2v) is 5.10. The number of nitrogens with one attached hydrogen (secondary N) is 1. The molecule has 1 rings (SSSR count). The van der Waals surface area contributed by atoms with Gasteiger partial charge in [-0.05, 0) is 25.3 Å². The van der Waals surface area contributed by atoms with Crippen molar-refractivity contribution in [1.29, 1.82) is 0 Å². The van der Waals surface area contributed by atoms with Gasteiger partial charge in [0.15, 0.2) is 0 Å². The van der Waals surface area contributed by atoms with E-state index >= 15 is 0 Å². The molecule has 116 valence electrons. The molecule has 0 saturated carbocycles. The Bertz CT molecular complexity index is 607. The summed E-state index contributed by atoms with van der Waals surface area (Å²) in [5.74, 6) is -1.54. The highest BCUT2D eigenvalue weighted by atomic mass is 16.4. The van der Waals surface area contributed by atoms with Gasteiger partial charge in [0, 0.05) is 20.0 Å². The number of amides is 1. The summed E-state index contributed by atoms with van der Waals surface area (Å²) in [6.07, 6.45) is 0.627. The molecule has 2 N–H and O–H groups in total. The molecule has 0 saturated heterocycles. The number of carboxylic acid groups (broad SMARTS) is 1. The third-order valence-corrected chi connectivity index (χ3v) is 3.54. The third kappa shape index (κ3) is 4.14. The Balaban J connectivity index is 2.91. The number of nitrogens with zero attached hydrogens (tertiary/aromatic N) is 2. The van der Waals surface area contributed by atoms with Crippen molar-refractivity contribution >= 4 is 11.9 Å². The lowest BCUT2D eigenvalue weighted by Crippen LogP contribution is -2.37. The topological polar surface area (TPSA) is 101 Å². The molecule has 1 unspecified atom stereocenters. The molecule has 0 spiro atoms. The van der Waals surface area contributed by atoms with Gasteiger partial charge in [0.1, 0.15) is 5.56 Å². The van der Waals surface area contributed by atoms with Crippen LogP contribution in [0.2, 0.25) is 0 Å². The third-order valence-electron chi connectivity index (χ3n) is 3.54. The van der Waals surface area contributed by atoms with Gasteiger partial charge in [-0.1, -0.05) is 13.3 Å². The zero-order valence-corrected chi connectivity index (χ0v) is 12.8. The van der Waals surface area contributed by atoms with Crippen LogP contribution in [-0.4, -0.2) is 33.3 Å². The quantitative estimate of drug-likeness (QED) is 0.801. The van der Waals surface area contributed by atoms with Crippen molar-refractivity contribution in [3.63, 3.8) is 0 Å². The van der Waals surface area contributed by atoms with E-state index in [4.69, 9.17) is 5.11 Å². The highest BCUT2D eigenvalue weighted by Crippen LogP contribution is 2.09. The van der Waals surface area contributed by atoms with Crippen molar-refractivity contribution in [2.75, 3.05) is 6.54 Å². The van der Waals surface area contributed by atoms with Gasteiger partial charge in [0.05, 0.1) is 5.69 Å². The van der Waals surface area contributed by atoms with Crippen LogP contribution in [0.3, 0.4) is 0 Å². The van der Waals surface area contributed by atoms with E-state index in [1.807, 2.05) is 6.92 Å². The van der Waals surface area contributed by atoms with E-state index in [1.54, 1.807) is 13.8 Å². The van der Waals surface area contributed by atoms with Crippen molar-refractivity contribution in [2.24, 2.45) is 13.0 Å². The average Bonchev–Trinajstić information content (AvgIpc) is 2.41. The van der Waals surface area contributed by atoms with E-state index in [1.165, 1.54) is 7.05 Å². The van der Waals surface area contributed by atoms with Gasteiger partial charge in [-0.3, -0.25) is 14.4 Å². The van der Waals surface area contributed by atoms with Crippen molar-refractivity contribution in [1.82, 2.24) is 15.1 Å². The molecule has 0 radical (unpaired) electrons. The van der Waals surface area contributed by atoms with Crippen LogP contribution in [-0.2, 0) is 11.8 Å². The molecule has 21 heavy (non-hydrogen) atoms. The van der Waals surface area contributed by atoms with E-state index < -0.39 is 17.4 Å². The number of carbonyl (C=O) groups excluding carboxylic acids is 1. The Hall–Kier alpha value is -2.18. The Morgan fingerprint density at radius 1 is 1.38 bits per heavy atom. The van der Waals surface area contributed by atoms with Crippen LogP contribution in [0.25, 0.3) is 0 Å². The van der Waals surface area contributed by atoms with Gasteiger partial charge in [0.2, 0.25) is 0 Å². The molecule has 0 aliphatic heterocycles. The molecular weight excluding hydrogens is 274 g/mol. The molecule has 0 aliphatic rings. The predicted octanol–water partition coefficient (Wildman–Crippen LogP) is 0.628. The molecule has 1 heterocycles. The molecule has 0 bridgehead atoms. The highest BCUT2D eigenvalue weighted by Gasteiger charge is 2.19. The highest BCUT2D eigenvalue weighted by molar-refractivity contribution is 5.95. The number of aryl methyl sites for hydroxylation is 2. The Labute approximate surface area is 123 Å². The molecule has 7 heteroatoms. The summed E-state index contributed by atoms with van der Waals surface area (Å²) in [6, 6.07) is 0. The minimum atomic E-state index is -0.900. The van der Waals surface area contributed by atoms with Gasteiger partial charge in [-0.15, -0.1) is 0 Å². The van der Waals surface area contributed by atoms with E-state index in [2.05, 4.69) is 10.4 Å². The summed E-state index contributed by atoms with van der Waals surface area (Å²) >= 11 is 0. The number of carbonyl (C=O) groups is 2. The molecule has 1 aromatic rings. The number of aliphatic carboxylic acids is 1. The van der Waals surface area contributed by atoms with Crippen molar-refractivity contribution < 1.29 is 14.7 Å². The second kappa shape index (κ2) is 7.01. The normalized spacial score (nSPS) is 12.0. The van der Waals surface area contributed by atoms with Crippen LogP contribution in [0.1, 0.15) is 41.4 Å². The fraction of sp³-hybridized carbons (Fsp3) is 0.571. The van der Waals surface area contributed by atoms with Crippen LogP contribution >= 0.6 is 0 Å². The first kappa shape index (κ1) is 16.9. The SMILES string of the molecule is CCC(CNC(=O)c1c(C)c(C)nn(C)c1=O)CC(=O)O. The molecule has 1 aromatic heterocycles. The van der Waals surface area contributed by atoms with Crippen LogP contribution < -0.4 is 10.9 Å². The van der Waals surface area contributed by atoms with E-state index in [9.17, 15) is 14.4 Å². The molecule has 0 fully saturated rings. The molecule has 0 aliphatic carbocycles. The fourth-order valence-corrected chi connectivity index (χ4v) is 2.05. The minimum Gasteiger partial charge on any atom is -0.481 e. The maximum atomic E-state index is 12.2. The molecule has 1 atom stereocenters. The summed E-state index contributed by atoms with van der Waals surface area (Å²) in [7, 11) is 1.49. The zero-order chi connectivity index (χ0) is 16.2. The van der Waals surface area contributed by atoms with Crippen LogP contribution in [0.4, 0.5) is 0 Å². The van der Waals surface area contributed by atoms with Crippen molar-refractivity contribution in [3.8, 4) is 0 Å². The number of hydrogen-bond donors (Lipinski definition) is 2. The molecular formula is C14H21N3O4. The second-order valence-electron chi connectivity index (χ2n) is 5.10. The molecule has 1 amide bonds. The lowest BCUT2D eigenvalue weighted by molar-refractivity contribution is -0.138. The van der Waals surface area contributed by atoms with Crippen LogP contribution in [0, 0.1) is 19.8 Å². The largest absolute Gasteiger partial charge is 0.481 e. The maximum absolute atomic E-state index is 12.2. The molecule has 0 aromatic carbocycles. The summed E-state index contributed by atoms with van der Waals surface area (Å²) in [5, 5.41) is 15.4. The summed E-state index contributed by atoms with van der Waals surface area (Å²) in [6.45, 7) is 5.49. The van der Waals surface area contributed by atoms with E-state index in [-0.39, 0.29) is 24.4 Å². The summed E-state index contributed by atoms with van der Waals surface area (Å²) in [4.78, 5) is 34.9. The van der Waals surface area contributed by atoms with Crippen molar-refractivity contribution in [2.45, 2.75) is 33.6 Å². The smallest absolute Gasteiger partial charge is 0.303 e. The lowest BCUT2D eigenvalue weighted by Gasteiger charge is -2.14. The van der Waals surface area contributed by atoms with Crippen LogP contribution in [0.5, 0.6) is 0 Å². The Kier molecular flexibility index (Phi) is 5.63. The first-order valence-electron chi connectivity index (χ1n) is 6.82. The van der Waals surface area contributed by atoms with E-state index in [0.29, 0.717) is 17.7 Å². The van der Waals surface area contributed by atoms with E-state index in [0.717, 1.165) is 4.68 Å². The maximum Gasteiger partial charge on any atom is 0.303 e. The number of rotatable bonds is 6.